The Balaban J connectivity index is 1.37. The van der Waals surface area contributed by atoms with Gasteiger partial charge in [-0.1, -0.05) is 42.5 Å². The molecule has 1 saturated heterocycles. The van der Waals surface area contributed by atoms with E-state index >= 15 is 0 Å². The molecule has 1 aliphatic heterocycles. The zero-order valence-electron chi connectivity index (χ0n) is 16.9. The number of carbonyl (C=O) groups excluding carboxylic acids is 1. The molecule has 3 aromatic rings. The normalized spacial score (nSPS) is 19.2. The van der Waals surface area contributed by atoms with Gasteiger partial charge in [0.15, 0.2) is 5.69 Å². The van der Waals surface area contributed by atoms with Crippen LogP contribution < -0.4 is 5.32 Å². The lowest BCUT2D eigenvalue weighted by Crippen LogP contribution is -2.45. The molecule has 1 atom stereocenters. The third-order valence-electron chi connectivity index (χ3n) is 5.44. The van der Waals surface area contributed by atoms with E-state index in [2.05, 4.69) is 27.4 Å². The van der Waals surface area contributed by atoms with Crippen molar-refractivity contribution in [3.05, 3.63) is 83.4 Å². The van der Waals surface area contributed by atoms with Gasteiger partial charge in [0.1, 0.15) is 11.5 Å². The fraction of sp³-hybridized carbons (Fsp3) is 0.304. The van der Waals surface area contributed by atoms with Crippen LogP contribution in [0.3, 0.4) is 0 Å². The van der Waals surface area contributed by atoms with Crippen LogP contribution in [-0.4, -0.2) is 50.9 Å². The summed E-state index contributed by atoms with van der Waals surface area (Å²) < 4.78 is 15.5. The van der Waals surface area contributed by atoms with Crippen molar-refractivity contribution in [1.82, 2.24) is 20.0 Å². The predicted octanol–water partition coefficient (Wildman–Crippen LogP) is 2.69. The number of likely N-dealkylation sites (tertiary alicyclic amines) is 1. The minimum absolute atomic E-state index is 0.142. The van der Waals surface area contributed by atoms with Gasteiger partial charge in [-0.05, 0) is 37.1 Å². The fourth-order valence-corrected chi connectivity index (χ4v) is 3.85. The van der Waals surface area contributed by atoms with Gasteiger partial charge < -0.3 is 10.4 Å². The maximum atomic E-state index is 14.1. The van der Waals surface area contributed by atoms with E-state index in [1.807, 2.05) is 18.2 Å². The zero-order valence-corrected chi connectivity index (χ0v) is 16.9. The van der Waals surface area contributed by atoms with Gasteiger partial charge in [-0.15, -0.1) is 0 Å². The average Bonchev–Trinajstić information content (AvgIpc) is 3.30. The summed E-state index contributed by atoms with van der Waals surface area (Å²) in [5, 5.41) is 17.9. The topological polar surface area (TPSA) is 70.4 Å². The van der Waals surface area contributed by atoms with E-state index in [4.69, 9.17) is 0 Å². The molecule has 0 spiro atoms. The van der Waals surface area contributed by atoms with Gasteiger partial charge in [-0.25, -0.2) is 9.07 Å². The summed E-state index contributed by atoms with van der Waals surface area (Å²) in [6.45, 7) is 3.93. The summed E-state index contributed by atoms with van der Waals surface area (Å²) in [4.78, 5) is 14.8. The third-order valence-corrected chi connectivity index (χ3v) is 5.44. The predicted molar refractivity (Wildman–Crippen MR) is 112 cm³/mol. The van der Waals surface area contributed by atoms with E-state index in [1.165, 1.54) is 16.3 Å². The highest BCUT2D eigenvalue weighted by atomic mass is 19.1. The molecule has 2 aromatic carbocycles. The van der Waals surface area contributed by atoms with E-state index in [-0.39, 0.29) is 18.1 Å². The number of nitrogens with zero attached hydrogens (tertiary/aromatic N) is 3. The lowest BCUT2D eigenvalue weighted by molar-refractivity contribution is 0.0455. The molecule has 0 aliphatic carbocycles. The van der Waals surface area contributed by atoms with Crippen molar-refractivity contribution in [3.63, 3.8) is 0 Å². The number of hydrogen-bond acceptors (Lipinski definition) is 4. The fourth-order valence-electron chi connectivity index (χ4n) is 3.85. The van der Waals surface area contributed by atoms with Gasteiger partial charge in [0.2, 0.25) is 0 Å². The first-order valence-corrected chi connectivity index (χ1v) is 10.0. The second-order valence-electron chi connectivity index (χ2n) is 7.89. The Hall–Kier alpha value is -3.03. The Morgan fingerprint density at radius 3 is 2.70 bits per heavy atom. The number of aryl methyl sites for hydroxylation is 1. The number of para-hydroxylation sites is 1. The molecule has 1 unspecified atom stereocenters. The lowest BCUT2D eigenvalue weighted by Gasteiger charge is -2.23. The highest BCUT2D eigenvalue weighted by molar-refractivity contribution is 5.92. The van der Waals surface area contributed by atoms with Crippen LogP contribution in [0.15, 0.2) is 60.7 Å². The van der Waals surface area contributed by atoms with Gasteiger partial charge in [0.05, 0.1) is 5.60 Å². The number of halogens is 1. The quantitative estimate of drug-likeness (QED) is 0.658. The number of amides is 1. The molecular formula is C23H25FN4O2. The summed E-state index contributed by atoms with van der Waals surface area (Å²) in [5.41, 5.74) is 1.35. The molecule has 0 bridgehead atoms. The summed E-state index contributed by atoms with van der Waals surface area (Å²) in [7, 11) is 0. The molecule has 1 aliphatic rings. The summed E-state index contributed by atoms with van der Waals surface area (Å²) in [6.07, 6.45) is 0.586. The Bertz CT molecular complexity index is 1040. The summed E-state index contributed by atoms with van der Waals surface area (Å²) in [5.74, 6) is -0.794. The van der Waals surface area contributed by atoms with Crippen LogP contribution in [0.2, 0.25) is 0 Å². The molecule has 0 saturated carbocycles. The van der Waals surface area contributed by atoms with E-state index < -0.39 is 11.4 Å². The van der Waals surface area contributed by atoms with Gasteiger partial charge in [-0.2, -0.15) is 5.10 Å². The zero-order chi connectivity index (χ0) is 21.1. The van der Waals surface area contributed by atoms with E-state index in [1.54, 1.807) is 31.2 Å². The monoisotopic (exact) mass is 408 g/mol. The molecule has 30 heavy (non-hydrogen) atoms. The van der Waals surface area contributed by atoms with Gasteiger partial charge in [0, 0.05) is 31.9 Å². The number of aliphatic hydroxyl groups is 1. The van der Waals surface area contributed by atoms with Crippen molar-refractivity contribution in [3.8, 4) is 5.69 Å². The van der Waals surface area contributed by atoms with E-state index in [0.717, 1.165) is 13.1 Å². The van der Waals surface area contributed by atoms with Crippen LogP contribution in [0, 0.1) is 12.7 Å². The molecule has 0 radical (unpaired) electrons. The minimum Gasteiger partial charge on any atom is -0.387 e. The number of β-amino-alcohol motifs (C(OH)–C–C–N with tert-alkyl or cyclic N) is 1. The van der Waals surface area contributed by atoms with Crippen LogP contribution in [0.25, 0.3) is 5.69 Å². The van der Waals surface area contributed by atoms with Gasteiger partial charge in [-0.3, -0.25) is 9.69 Å². The number of hydrogen-bond donors (Lipinski definition) is 2. The molecular weight excluding hydrogens is 383 g/mol. The van der Waals surface area contributed by atoms with Gasteiger partial charge >= 0.3 is 0 Å². The highest BCUT2D eigenvalue weighted by Gasteiger charge is 2.36. The lowest BCUT2D eigenvalue weighted by atomic mass is 10.0. The van der Waals surface area contributed by atoms with Crippen LogP contribution >= 0.6 is 0 Å². The molecule has 2 heterocycles. The van der Waals surface area contributed by atoms with E-state index in [9.17, 15) is 14.3 Å². The second kappa shape index (κ2) is 8.38. The number of carbonyl (C=O) groups is 1. The standard InChI is InChI=1S/C23H25FN4O2/c1-17-13-20(26-28(17)21-10-6-5-9-19(21)24)22(29)25-15-23(30)11-12-27(16-23)14-18-7-3-2-4-8-18/h2-10,13,30H,11-12,14-16H2,1H3,(H,25,29). The second-order valence-corrected chi connectivity index (χ2v) is 7.89. The maximum absolute atomic E-state index is 14.1. The van der Waals surface area contributed by atoms with Crippen LogP contribution in [-0.2, 0) is 6.54 Å². The third kappa shape index (κ3) is 4.42. The molecule has 6 nitrogen and oxygen atoms in total. The van der Waals surface area contributed by atoms with Crippen molar-refractivity contribution in [2.75, 3.05) is 19.6 Å². The Kier molecular flexibility index (Phi) is 5.65. The minimum atomic E-state index is -0.979. The molecule has 1 fully saturated rings. The Labute approximate surface area is 174 Å². The molecule has 1 aromatic heterocycles. The van der Waals surface area contributed by atoms with Gasteiger partial charge in [0.25, 0.3) is 5.91 Å². The SMILES string of the molecule is Cc1cc(C(=O)NCC2(O)CCN(Cc3ccccc3)C2)nn1-c1ccccc1F. The maximum Gasteiger partial charge on any atom is 0.271 e. The van der Waals surface area contributed by atoms with E-state index in [0.29, 0.717) is 24.3 Å². The van der Waals surface area contributed by atoms with Crippen molar-refractivity contribution in [1.29, 1.82) is 0 Å². The number of nitrogens with one attached hydrogen (secondary N) is 1. The molecule has 156 valence electrons. The Morgan fingerprint density at radius 1 is 1.20 bits per heavy atom. The smallest absolute Gasteiger partial charge is 0.271 e. The number of rotatable bonds is 6. The summed E-state index contributed by atoms with van der Waals surface area (Å²) >= 11 is 0. The first kappa shape index (κ1) is 20.3. The molecule has 1 amide bonds. The van der Waals surface area contributed by atoms with Crippen molar-refractivity contribution < 1.29 is 14.3 Å². The van der Waals surface area contributed by atoms with Crippen LogP contribution in [0.4, 0.5) is 4.39 Å². The van der Waals surface area contributed by atoms with Crippen molar-refractivity contribution in [2.45, 2.75) is 25.5 Å². The molecule has 4 rings (SSSR count). The average molecular weight is 408 g/mol. The Morgan fingerprint density at radius 2 is 1.93 bits per heavy atom. The van der Waals surface area contributed by atoms with Crippen LogP contribution in [0.1, 0.15) is 28.2 Å². The molecule has 7 heteroatoms. The largest absolute Gasteiger partial charge is 0.387 e. The summed E-state index contributed by atoms with van der Waals surface area (Å²) in [6, 6.07) is 18.0. The van der Waals surface area contributed by atoms with Crippen molar-refractivity contribution >= 4 is 5.91 Å². The number of aromatic nitrogens is 2. The van der Waals surface area contributed by atoms with Crippen molar-refractivity contribution in [2.24, 2.45) is 0 Å². The number of benzene rings is 2. The van der Waals surface area contributed by atoms with Crippen LogP contribution in [0.5, 0.6) is 0 Å². The first-order chi connectivity index (χ1) is 14.4. The first-order valence-electron chi connectivity index (χ1n) is 10.0. The molecule has 2 N–H and O–H groups in total. The highest BCUT2D eigenvalue weighted by Crippen LogP contribution is 2.22.